The lowest BCUT2D eigenvalue weighted by molar-refractivity contribution is 0.603. The Morgan fingerprint density at radius 3 is 2.33 bits per heavy atom. The molecular formula is C10H9ClO2S2. The minimum atomic E-state index is -2.99. The first-order chi connectivity index (χ1) is 7.07. The number of benzene rings is 1. The van der Waals surface area contributed by atoms with E-state index in [0.29, 0.717) is 5.03 Å². The quantitative estimate of drug-likeness (QED) is 0.820. The third kappa shape index (κ3) is 2.77. The van der Waals surface area contributed by atoms with Crippen LogP contribution < -0.4 is 0 Å². The van der Waals surface area contributed by atoms with Gasteiger partial charge >= 0.3 is 0 Å². The van der Waals surface area contributed by atoms with Gasteiger partial charge in [-0.3, -0.25) is 0 Å². The Labute approximate surface area is 98.2 Å². The molecule has 0 N–H and O–H groups in total. The van der Waals surface area contributed by atoms with Gasteiger partial charge in [0.25, 0.3) is 0 Å². The largest absolute Gasteiger partial charge is 0.228 e. The molecule has 0 amide bonds. The van der Waals surface area contributed by atoms with Crippen molar-refractivity contribution < 1.29 is 8.42 Å². The topological polar surface area (TPSA) is 34.1 Å². The molecule has 1 aliphatic rings. The molecule has 0 spiro atoms. The maximum atomic E-state index is 11.3. The van der Waals surface area contributed by atoms with Gasteiger partial charge in [0.15, 0.2) is 9.84 Å². The molecule has 0 aromatic heterocycles. The van der Waals surface area contributed by atoms with Gasteiger partial charge in [0.2, 0.25) is 0 Å². The molecule has 2 rings (SSSR count). The fraction of sp³-hybridized carbons (Fsp3) is 0.200. The number of rotatable bonds is 2. The van der Waals surface area contributed by atoms with Crippen LogP contribution >= 0.6 is 23.4 Å². The molecule has 1 heterocycles. The van der Waals surface area contributed by atoms with Gasteiger partial charge in [0.05, 0.1) is 11.5 Å². The summed E-state index contributed by atoms with van der Waals surface area (Å²) in [6, 6.07) is 9.63. The van der Waals surface area contributed by atoms with Crippen LogP contribution in [-0.4, -0.2) is 19.9 Å². The first-order valence-electron chi connectivity index (χ1n) is 4.38. The van der Waals surface area contributed by atoms with Gasteiger partial charge in [-0.1, -0.05) is 41.6 Å². The Bertz CT molecular complexity index is 491. The summed E-state index contributed by atoms with van der Waals surface area (Å²) >= 11 is 7.32. The number of hydrogen-bond acceptors (Lipinski definition) is 3. The average molecular weight is 261 g/mol. The fourth-order valence-corrected chi connectivity index (χ4v) is 4.94. The molecule has 2 nitrogen and oxygen atoms in total. The lowest BCUT2D eigenvalue weighted by Crippen LogP contribution is -2.02. The predicted octanol–water partition coefficient (Wildman–Crippen LogP) is 2.66. The van der Waals surface area contributed by atoms with Crippen LogP contribution in [0.5, 0.6) is 0 Å². The monoisotopic (exact) mass is 260 g/mol. The fourth-order valence-electron chi connectivity index (χ4n) is 1.32. The highest BCUT2D eigenvalue weighted by atomic mass is 35.5. The third-order valence-corrected chi connectivity index (χ3v) is 5.40. The van der Waals surface area contributed by atoms with E-state index in [-0.39, 0.29) is 11.5 Å². The van der Waals surface area contributed by atoms with Crippen LogP contribution in [0.25, 0.3) is 0 Å². The van der Waals surface area contributed by atoms with E-state index in [1.54, 1.807) is 0 Å². The van der Waals surface area contributed by atoms with Crippen molar-refractivity contribution in [2.75, 3.05) is 11.5 Å². The molecule has 0 unspecified atom stereocenters. The molecule has 0 saturated heterocycles. The molecule has 0 saturated carbocycles. The zero-order valence-corrected chi connectivity index (χ0v) is 10.2. The van der Waals surface area contributed by atoms with E-state index in [9.17, 15) is 8.42 Å². The molecule has 0 atom stereocenters. The van der Waals surface area contributed by atoms with Gasteiger partial charge in [0, 0.05) is 14.8 Å². The second-order valence-corrected chi connectivity index (χ2v) is 6.96. The van der Waals surface area contributed by atoms with Gasteiger partial charge < -0.3 is 0 Å². The number of sulfone groups is 1. The Hall–Kier alpha value is -0.450. The molecule has 1 aromatic rings. The smallest absolute Gasteiger partial charge is 0.160 e. The molecule has 0 bridgehead atoms. The summed E-state index contributed by atoms with van der Waals surface area (Å²) in [5, 5.41) is 0.462. The number of halogens is 1. The van der Waals surface area contributed by atoms with Gasteiger partial charge in [-0.05, 0) is 12.1 Å². The van der Waals surface area contributed by atoms with Crippen LogP contribution in [0.2, 0.25) is 0 Å². The molecule has 15 heavy (non-hydrogen) atoms. The molecular weight excluding hydrogens is 252 g/mol. The molecule has 1 aromatic carbocycles. The lowest BCUT2D eigenvalue weighted by atomic mass is 10.4. The van der Waals surface area contributed by atoms with Gasteiger partial charge in [-0.15, -0.1) is 0 Å². The van der Waals surface area contributed by atoms with Crippen LogP contribution in [0.1, 0.15) is 0 Å². The summed E-state index contributed by atoms with van der Waals surface area (Å²) in [6.45, 7) is 0. The summed E-state index contributed by atoms with van der Waals surface area (Å²) in [5.41, 5.74) is 0. The summed E-state index contributed by atoms with van der Waals surface area (Å²) in [4.78, 5) is 1.77. The van der Waals surface area contributed by atoms with Crippen LogP contribution in [0.4, 0.5) is 0 Å². The molecule has 5 heteroatoms. The molecule has 80 valence electrons. The molecule has 0 fully saturated rings. The summed E-state index contributed by atoms with van der Waals surface area (Å²) < 4.78 is 22.6. The van der Waals surface area contributed by atoms with Crippen molar-refractivity contribution in [1.29, 1.82) is 0 Å². The third-order valence-electron chi connectivity index (χ3n) is 1.98. The van der Waals surface area contributed by atoms with E-state index in [4.69, 9.17) is 11.6 Å². The van der Waals surface area contributed by atoms with E-state index in [2.05, 4.69) is 0 Å². The predicted molar refractivity (Wildman–Crippen MR) is 63.8 cm³/mol. The zero-order chi connectivity index (χ0) is 10.9. The minimum absolute atomic E-state index is 0.0102. The van der Waals surface area contributed by atoms with E-state index in [0.717, 1.165) is 9.80 Å². The minimum Gasteiger partial charge on any atom is -0.228 e. The van der Waals surface area contributed by atoms with Crippen molar-refractivity contribution in [3.8, 4) is 0 Å². The van der Waals surface area contributed by atoms with Crippen molar-refractivity contribution >= 4 is 33.2 Å². The Morgan fingerprint density at radius 2 is 1.80 bits per heavy atom. The van der Waals surface area contributed by atoms with E-state index in [1.165, 1.54) is 11.8 Å². The highest BCUT2D eigenvalue weighted by molar-refractivity contribution is 8.05. The van der Waals surface area contributed by atoms with E-state index < -0.39 is 9.84 Å². The van der Waals surface area contributed by atoms with E-state index >= 15 is 0 Å². The van der Waals surface area contributed by atoms with Crippen LogP contribution in [0, 0.1) is 0 Å². The van der Waals surface area contributed by atoms with Gasteiger partial charge in [-0.2, -0.15) is 0 Å². The molecule has 0 aliphatic carbocycles. The second-order valence-electron chi connectivity index (χ2n) is 3.28. The van der Waals surface area contributed by atoms with Gasteiger partial charge in [-0.25, -0.2) is 8.42 Å². The zero-order valence-electron chi connectivity index (χ0n) is 7.81. The van der Waals surface area contributed by atoms with Crippen LogP contribution in [-0.2, 0) is 9.84 Å². The maximum absolute atomic E-state index is 11.3. The van der Waals surface area contributed by atoms with Crippen molar-refractivity contribution in [2.45, 2.75) is 4.90 Å². The van der Waals surface area contributed by atoms with Crippen LogP contribution in [0.15, 0.2) is 45.2 Å². The van der Waals surface area contributed by atoms with E-state index in [1.807, 2.05) is 30.3 Å². The summed E-state index contributed by atoms with van der Waals surface area (Å²) in [6.07, 6.45) is 0. The first kappa shape index (κ1) is 11.0. The van der Waals surface area contributed by atoms with Crippen molar-refractivity contribution in [3.63, 3.8) is 0 Å². The summed E-state index contributed by atoms with van der Waals surface area (Å²) in [7, 11) is -2.99. The Kier molecular flexibility index (Phi) is 3.09. The highest BCUT2D eigenvalue weighted by Crippen LogP contribution is 2.35. The normalized spacial score (nSPS) is 19.5. The van der Waals surface area contributed by atoms with Crippen molar-refractivity contribution in [3.05, 3.63) is 40.3 Å². The van der Waals surface area contributed by atoms with Crippen LogP contribution in [0.3, 0.4) is 0 Å². The second kappa shape index (κ2) is 4.20. The highest BCUT2D eigenvalue weighted by Gasteiger charge is 2.26. The maximum Gasteiger partial charge on any atom is 0.160 e. The standard InChI is InChI=1S/C10H9ClO2S2/c11-9-6-15(12,13)7-10(9)14-8-4-2-1-3-5-8/h1-5H,6-7H2. The SMILES string of the molecule is O=S1(=O)CC(Cl)=C(Sc2ccccc2)C1. The average Bonchev–Trinajstić information content (AvgIpc) is 2.41. The Balaban J connectivity index is 2.18. The van der Waals surface area contributed by atoms with Gasteiger partial charge in [0.1, 0.15) is 0 Å². The number of thioether (sulfide) groups is 1. The molecule has 0 radical (unpaired) electrons. The lowest BCUT2D eigenvalue weighted by Gasteiger charge is -2.00. The summed E-state index contributed by atoms with van der Waals surface area (Å²) in [5.74, 6) is 0.0646. The first-order valence-corrected chi connectivity index (χ1v) is 7.39. The Morgan fingerprint density at radius 1 is 1.13 bits per heavy atom. The number of hydrogen-bond donors (Lipinski definition) is 0. The molecule has 1 aliphatic heterocycles. The van der Waals surface area contributed by atoms with Crippen molar-refractivity contribution in [1.82, 2.24) is 0 Å². The van der Waals surface area contributed by atoms with Crippen molar-refractivity contribution in [2.24, 2.45) is 0 Å².